The first-order valence-corrected chi connectivity index (χ1v) is 11.8. The SMILES string of the molecule is CC(C)CC(NC(=O)C(CC(C)C)NC(=O)C(CCCN=C(N)N)NC(=O)C(N)CC(=O)O)C(=O)O. The molecule has 206 valence electrons. The minimum Gasteiger partial charge on any atom is -0.481 e. The van der Waals surface area contributed by atoms with Gasteiger partial charge in [0.15, 0.2) is 5.96 Å². The number of hydrogen-bond acceptors (Lipinski definition) is 7. The summed E-state index contributed by atoms with van der Waals surface area (Å²) in [6.07, 6.45) is 0.113. The number of carbonyl (C=O) groups is 5. The van der Waals surface area contributed by atoms with Crippen molar-refractivity contribution >= 4 is 35.6 Å². The number of nitrogens with zero attached hydrogens (tertiary/aromatic N) is 1. The zero-order valence-electron chi connectivity index (χ0n) is 21.3. The monoisotopic (exact) mass is 515 g/mol. The Morgan fingerprint density at radius 1 is 0.778 bits per heavy atom. The molecule has 0 fully saturated rings. The third-order valence-corrected chi connectivity index (χ3v) is 4.97. The Labute approximate surface area is 210 Å². The molecule has 36 heavy (non-hydrogen) atoms. The quantitative estimate of drug-likeness (QED) is 0.0630. The molecule has 4 atom stereocenters. The highest BCUT2D eigenvalue weighted by Gasteiger charge is 2.31. The van der Waals surface area contributed by atoms with Gasteiger partial charge in [-0.3, -0.25) is 24.2 Å². The molecule has 0 aliphatic rings. The normalized spacial score (nSPS) is 14.3. The van der Waals surface area contributed by atoms with Gasteiger partial charge in [0.2, 0.25) is 17.7 Å². The van der Waals surface area contributed by atoms with Crippen molar-refractivity contribution in [1.82, 2.24) is 16.0 Å². The summed E-state index contributed by atoms with van der Waals surface area (Å²) in [5.74, 6) is -4.89. The standard InChI is InChI=1S/C22H41N7O7/c1-11(2)8-15(20(34)29-16(21(35)36)9-12(3)4)28-19(33)14(6-5-7-26-22(24)25)27-18(32)13(23)10-17(30)31/h11-16H,5-10,23H2,1-4H3,(H,27,32)(H,28,33)(H,29,34)(H,30,31)(H,35,36)(H4,24,25,26). The number of rotatable bonds is 17. The van der Waals surface area contributed by atoms with E-state index in [1.165, 1.54) is 0 Å². The maximum absolute atomic E-state index is 13.1. The molecule has 0 radical (unpaired) electrons. The van der Waals surface area contributed by atoms with Crippen molar-refractivity contribution in [3.8, 4) is 0 Å². The van der Waals surface area contributed by atoms with Crippen LogP contribution in [0.25, 0.3) is 0 Å². The topological polar surface area (TPSA) is 252 Å². The molecule has 14 nitrogen and oxygen atoms in total. The molecule has 0 spiro atoms. The predicted molar refractivity (Wildman–Crippen MR) is 132 cm³/mol. The van der Waals surface area contributed by atoms with Crippen LogP contribution in [0.4, 0.5) is 0 Å². The second-order valence-corrected chi connectivity index (χ2v) is 9.43. The summed E-state index contributed by atoms with van der Waals surface area (Å²) in [5.41, 5.74) is 16.2. The summed E-state index contributed by atoms with van der Waals surface area (Å²) in [6, 6.07) is -4.76. The predicted octanol–water partition coefficient (Wildman–Crippen LogP) is -1.53. The van der Waals surface area contributed by atoms with Gasteiger partial charge in [0.1, 0.15) is 18.1 Å². The second kappa shape index (κ2) is 16.3. The Morgan fingerprint density at radius 2 is 1.25 bits per heavy atom. The smallest absolute Gasteiger partial charge is 0.326 e. The molecule has 0 heterocycles. The zero-order valence-corrected chi connectivity index (χ0v) is 21.3. The first-order chi connectivity index (χ1) is 16.6. The van der Waals surface area contributed by atoms with Crippen LogP contribution in [0, 0.1) is 11.8 Å². The highest BCUT2D eigenvalue weighted by atomic mass is 16.4. The van der Waals surface area contributed by atoms with Gasteiger partial charge in [0.05, 0.1) is 12.5 Å². The van der Waals surface area contributed by atoms with Crippen molar-refractivity contribution in [2.45, 2.75) is 84.0 Å². The molecule has 11 N–H and O–H groups in total. The van der Waals surface area contributed by atoms with Crippen LogP contribution in [0.5, 0.6) is 0 Å². The molecule has 0 saturated carbocycles. The Bertz CT molecular complexity index is 798. The number of carboxylic acid groups (broad SMARTS) is 2. The van der Waals surface area contributed by atoms with Gasteiger partial charge in [-0.15, -0.1) is 0 Å². The Kier molecular flexibility index (Phi) is 14.7. The molecule has 0 aromatic rings. The van der Waals surface area contributed by atoms with E-state index in [0.29, 0.717) is 0 Å². The molecule has 0 aliphatic carbocycles. The van der Waals surface area contributed by atoms with E-state index in [2.05, 4.69) is 20.9 Å². The van der Waals surface area contributed by atoms with E-state index in [-0.39, 0.29) is 50.0 Å². The van der Waals surface area contributed by atoms with Crippen LogP contribution in [0.15, 0.2) is 4.99 Å². The number of aliphatic carboxylic acids is 2. The molecular formula is C22H41N7O7. The van der Waals surface area contributed by atoms with E-state index < -0.39 is 60.2 Å². The number of nitrogens with one attached hydrogen (secondary N) is 3. The lowest BCUT2D eigenvalue weighted by molar-refractivity contribution is -0.143. The van der Waals surface area contributed by atoms with Gasteiger partial charge in [-0.25, -0.2) is 4.79 Å². The van der Waals surface area contributed by atoms with Crippen LogP contribution in [-0.4, -0.2) is 76.5 Å². The van der Waals surface area contributed by atoms with Crippen molar-refractivity contribution in [3.63, 3.8) is 0 Å². The van der Waals surface area contributed by atoms with E-state index in [4.69, 9.17) is 22.3 Å². The van der Waals surface area contributed by atoms with Gasteiger partial charge in [-0.1, -0.05) is 27.7 Å². The summed E-state index contributed by atoms with van der Waals surface area (Å²) < 4.78 is 0. The summed E-state index contributed by atoms with van der Waals surface area (Å²) in [5, 5.41) is 25.8. The number of amides is 3. The molecule has 3 amide bonds. The molecule has 0 aromatic carbocycles. The van der Waals surface area contributed by atoms with Gasteiger partial charge in [0.25, 0.3) is 0 Å². The number of nitrogens with two attached hydrogens (primary N) is 3. The van der Waals surface area contributed by atoms with E-state index >= 15 is 0 Å². The van der Waals surface area contributed by atoms with Crippen molar-refractivity contribution in [2.24, 2.45) is 34.0 Å². The first kappa shape index (κ1) is 32.6. The number of carboxylic acids is 2. The Morgan fingerprint density at radius 3 is 1.72 bits per heavy atom. The van der Waals surface area contributed by atoms with E-state index in [9.17, 15) is 29.1 Å². The molecule has 0 bridgehead atoms. The first-order valence-electron chi connectivity index (χ1n) is 11.8. The number of guanidine groups is 1. The molecule has 0 aliphatic heterocycles. The van der Waals surface area contributed by atoms with Gasteiger partial charge in [-0.05, 0) is 37.5 Å². The summed E-state index contributed by atoms with van der Waals surface area (Å²) in [4.78, 5) is 64.6. The van der Waals surface area contributed by atoms with Crippen LogP contribution >= 0.6 is 0 Å². The fraction of sp³-hybridized carbons (Fsp3) is 0.727. The highest BCUT2D eigenvalue weighted by molar-refractivity contribution is 5.94. The maximum Gasteiger partial charge on any atom is 0.326 e. The minimum atomic E-state index is -1.39. The van der Waals surface area contributed by atoms with Crippen LogP contribution in [-0.2, 0) is 24.0 Å². The average Bonchev–Trinajstić information content (AvgIpc) is 2.73. The Balaban J connectivity index is 5.63. The second-order valence-electron chi connectivity index (χ2n) is 9.43. The van der Waals surface area contributed by atoms with E-state index in [1.807, 2.05) is 27.7 Å². The minimum absolute atomic E-state index is 0.00404. The zero-order chi connectivity index (χ0) is 28.0. The van der Waals surface area contributed by atoms with Crippen LogP contribution in [0.3, 0.4) is 0 Å². The molecule has 0 saturated heterocycles. The van der Waals surface area contributed by atoms with E-state index in [0.717, 1.165) is 0 Å². The lowest BCUT2D eigenvalue weighted by Crippen LogP contribution is -2.57. The average molecular weight is 516 g/mol. The van der Waals surface area contributed by atoms with Crippen molar-refractivity contribution in [3.05, 3.63) is 0 Å². The number of carbonyl (C=O) groups excluding carboxylic acids is 3. The molecular weight excluding hydrogens is 474 g/mol. The van der Waals surface area contributed by atoms with Crippen molar-refractivity contribution in [2.75, 3.05) is 6.54 Å². The van der Waals surface area contributed by atoms with Crippen molar-refractivity contribution < 1.29 is 34.2 Å². The number of aliphatic imine (C=N–C) groups is 1. The summed E-state index contributed by atoms with van der Waals surface area (Å²) in [6.45, 7) is 7.46. The van der Waals surface area contributed by atoms with Gasteiger partial charge < -0.3 is 43.4 Å². The summed E-state index contributed by atoms with van der Waals surface area (Å²) in [7, 11) is 0. The third kappa shape index (κ3) is 14.1. The number of hydrogen-bond donors (Lipinski definition) is 8. The molecule has 4 unspecified atom stereocenters. The van der Waals surface area contributed by atoms with Crippen LogP contribution in [0.1, 0.15) is 59.8 Å². The molecule has 14 heteroatoms. The molecule has 0 aromatic heterocycles. The van der Waals surface area contributed by atoms with Crippen LogP contribution in [0.2, 0.25) is 0 Å². The lowest BCUT2D eigenvalue weighted by atomic mass is 10.00. The fourth-order valence-electron chi connectivity index (χ4n) is 3.27. The third-order valence-electron chi connectivity index (χ3n) is 4.97. The van der Waals surface area contributed by atoms with Crippen LogP contribution < -0.4 is 33.2 Å². The summed E-state index contributed by atoms with van der Waals surface area (Å²) >= 11 is 0. The lowest BCUT2D eigenvalue weighted by Gasteiger charge is -2.26. The molecule has 0 rings (SSSR count). The van der Waals surface area contributed by atoms with Crippen molar-refractivity contribution in [1.29, 1.82) is 0 Å². The Hall–Kier alpha value is -3.42. The van der Waals surface area contributed by atoms with Gasteiger partial charge in [0, 0.05) is 6.54 Å². The maximum atomic E-state index is 13.1. The fourth-order valence-corrected chi connectivity index (χ4v) is 3.27. The highest BCUT2D eigenvalue weighted by Crippen LogP contribution is 2.10. The van der Waals surface area contributed by atoms with Gasteiger partial charge in [-0.2, -0.15) is 0 Å². The largest absolute Gasteiger partial charge is 0.481 e. The van der Waals surface area contributed by atoms with Gasteiger partial charge >= 0.3 is 11.9 Å². The van der Waals surface area contributed by atoms with E-state index in [1.54, 1.807) is 0 Å².